The number of fused-ring (bicyclic) bond motifs is 1. The summed E-state index contributed by atoms with van der Waals surface area (Å²) in [4.78, 5) is 0. The van der Waals surface area contributed by atoms with Crippen LogP contribution in [-0.4, -0.2) is 0 Å². The van der Waals surface area contributed by atoms with Crippen LogP contribution in [0.3, 0.4) is 0 Å². The fourth-order valence-corrected chi connectivity index (χ4v) is 3.15. The Bertz CT molecular complexity index is 479. The summed E-state index contributed by atoms with van der Waals surface area (Å²) < 4.78 is 0. The van der Waals surface area contributed by atoms with Crippen molar-refractivity contribution in [3.8, 4) is 0 Å². The molecule has 0 nitrogen and oxygen atoms in total. The minimum absolute atomic E-state index is 0.591. The Labute approximate surface area is 103 Å². The van der Waals surface area contributed by atoms with Crippen molar-refractivity contribution in [2.24, 2.45) is 11.8 Å². The van der Waals surface area contributed by atoms with E-state index in [1.807, 2.05) is 0 Å². The first-order chi connectivity index (χ1) is 8.40. The van der Waals surface area contributed by atoms with Crippen molar-refractivity contribution in [3.05, 3.63) is 65.8 Å². The predicted octanol–water partition coefficient (Wildman–Crippen LogP) is 4.57. The van der Waals surface area contributed by atoms with Gasteiger partial charge in [0, 0.05) is 5.92 Å². The summed E-state index contributed by atoms with van der Waals surface area (Å²) in [5.74, 6) is 1.90. The summed E-state index contributed by atoms with van der Waals surface area (Å²) in [5.41, 5.74) is 2.91. The maximum atomic E-state index is 2.39. The molecule has 0 spiro atoms. The highest BCUT2D eigenvalue weighted by Gasteiger charge is 2.29. The highest BCUT2D eigenvalue weighted by Crippen LogP contribution is 2.41. The molecule has 2 unspecified atom stereocenters. The predicted molar refractivity (Wildman–Crippen MR) is 73.8 cm³/mol. The Kier molecular flexibility index (Phi) is 2.72. The molecule has 17 heavy (non-hydrogen) atoms. The average molecular weight is 222 g/mol. The molecule has 0 aromatic heterocycles. The summed E-state index contributed by atoms with van der Waals surface area (Å²) in [6.45, 7) is 2.31. The summed E-state index contributed by atoms with van der Waals surface area (Å²) in [7, 11) is 0. The molecule has 0 aliphatic heterocycles. The molecular formula is C17H18. The van der Waals surface area contributed by atoms with Crippen LogP contribution in [0.5, 0.6) is 0 Å². The summed E-state index contributed by atoms with van der Waals surface area (Å²) in [6, 6.07) is 8.79. The second-order valence-electron chi connectivity index (χ2n) is 4.93. The Morgan fingerprint density at radius 3 is 2.59 bits per heavy atom. The van der Waals surface area contributed by atoms with Crippen molar-refractivity contribution in [2.45, 2.75) is 19.3 Å². The molecular weight excluding hydrogens is 204 g/mol. The van der Waals surface area contributed by atoms with Gasteiger partial charge in [0.15, 0.2) is 0 Å². The van der Waals surface area contributed by atoms with Crippen molar-refractivity contribution < 1.29 is 0 Å². The van der Waals surface area contributed by atoms with E-state index in [1.54, 1.807) is 0 Å². The largest absolute Gasteiger partial charge is 0.0773 e. The van der Waals surface area contributed by atoms with Gasteiger partial charge in [0.2, 0.25) is 0 Å². The van der Waals surface area contributed by atoms with E-state index in [-0.39, 0.29) is 0 Å². The van der Waals surface area contributed by atoms with Crippen LogP contribution < -0.4 is 0 Å². The minimum atomic E-state index is 0.591. The summed E-state index contributed by atoms with van der Waals surface area (Å²) in [6.07, 6.45) is 14.9. The maximum absolute atomic E-state index is 2.39. The molecule has 0 heteroatoms. The number of rotatable bonds is 3. The van der Waals surface area contributed by atoms with Gasteiger partial charge in [0.25, 0.3) is 0 Å². The first-order valence-corrected chi connectivity index (χ1v) is 6.52. The number of benzene rings is 1. The van der Waals surface area contributed by atoms with Gasteiger partial charge in [-0.25, -0.2) is 0 Å². The van der Waals surface area contributed by atoms with Gasteiger partial charge >= 0.3 is 0 Å². The average Bonchev–Trinajstić information content (AvgIpc) is 3.01. The molecule has 0 bridgehead atoms. The Morgan fingerprint density at radius 1 is 1.06 bits per heavy atom. The standard InChI is InChI=1S/C17H18/c1-2-15(13-7-3-4-8-13)17-12-11-14-9-5-6-10-16(14)17/h3-13,15,17H,2H2,1H3. The van der Waals surface area contributed by atoms with Crippen LogP contribution in [0, 0.1) is 11.8 Å². The molecule has 1 aromatic rings. The molecule has 2 atom stereocenters. The van der Waals surface area contributed by atoms with Gasteiger partial charge in [-0.05, 0) is 23.0 Å². The molecule has 0 heterocycles. The van der Waals surface area contributed by atoms with Crippen LogP contribution in [-0.2, 0) is 0 Å². The maximum Gasteiger partial charge on any atom is 0.00640 e. The summed E-state index contributed by atoms with van der Waals surface area (Å²) in [5, 5.41) is 0. The van der Waals surface area contributed by atoms with E-state index in [9.17, 15) is 0 Å². The zero-order valence-electron chi connectivity index (χ0n) is 10.2. The zero-order chi connectivity index (χ0) is 11.7. The van der Waals surface area contributed by atoms with Crippen LogP contribution in [0.2, 0.25) is 0 Å². The van der Waals surface area contributed by atoms with Crippen molar-refractivity contribution in [2.75, 3.05) is 0 Å². The second-order valence-corrected chi connectivity index (χ2v) is 4.93. The van der Waals surface area contributed by atoms with Gasteiger partial charge in [0.1, 0.15) is 0 Å². The van der Waals surface area contributed by atoms with E-state index >= 15 is 0 Å². The molecule has 86 valence electrons. The first-order valence-electron chi connectivity index (χ1n) is 6.52. The molecule has 2 aliphatic rings. The minimum Gasteiger partial charge on any atom is -0.0773 e. The van der Waals surface area contributed by atoms with Crippen LogP contribution in [0.1, 0.15) is 30.4 Å². The van der Waals surface area contributed by atoms with Crippen molar-refractivity contribution in [1.29, 1.82) is 0 Å². The molecule has 0 radical (unpaired) electrons. The third kappa shape index (κ3) is 1.78. The number of hydrogen-bond donors (Lipinski definition) is 0. The third-order valence-electron chi connectivity index (χ3n) is 4.04. The van der Waals surface area contributed by atoms with Crippen LogP contribution in [0.15, 0.2) is 54.6 Å². The SMILES string of the molecule is CCC(C1C=CC=C1)C1C=Cc2ccccc21. The van der Waals surface area contributed by atoms with E-state index in [2.05, 4.69) is 67.6 Å². The van der Waals surface area contributed by atoms with Crippen LogP contribution in [0.25, 0.3) is 6.08 Å². The topological polar surface area (TPSA) is 0 Å². The van der Waals surface area contributed by atoms with Gasteiger partial charge in [-0.2, -0.15) is 0 Å². The van der Waals surface area contributed by atoms with Gasteiger partial charge in [0.05, 0.1) is 0 Å². The smallest absolute Gasteiger partial charge is 0.00640 e. The number of allylic oxidation sites excluding steroid dienone is 5. The van der Waals surface area contributed by atoms with E-state index in [0.717, 1.165) is 0 Å². The van der Waals surface area contributed by atoms with Gasteiger partial charge in [-0.15, -0.1) is 0 Å². The van der Waals surface area contributed by atoms with Gasteiger partial charge < -0.3 is 0 Å². The first kappa shape index (κ1) is 10.6. The lowest BCUT2D eigenvalue weighted by molar-refractivity contribution is 0.404. The highest BCUT2D eigenvalue weighted by molar-refractivity contribution is 5.62. The Hall–Kier alpha value is -1.56. The molecule has 3 rings (SSSR count). The lowest BCUT2D eigenvalue weighted by Gasteiger charge is -2.26. The lowest BCUT2D eigenvalue weighted by Crippen LogP contribution is -2.16. The normalized spacial score (nSPS) is 23.2. The van der Waals surface area contributed by atoms with E-state index < -0.39 is 0 Å². The molecule has 0 N–H and O–H groups in total. The van der Waals surface area contributed by atoms with Crippen molar-refractivity contribution in [1.82, 2.24) is 0 Å². The molecule has 0 fully saturated rings. The third-order valence-corrected chi connectivity index (χ3v) is 4.04. The molecule has 1 aromatic carbocycles. The van der Waals surface area contributed by atoms with E-state index in [0.29, 0.717) is 17.8 Å². The number of hydrogen-bond acceptors (Lipinski definition) is 0. The fraction of sp³-hybridized carbons (Fsp3) is 0.294. The van der Waals surface area contributed by atoms with Crippen molar-refractivity contribution >= 4 is 6.08 Å². The lowest BCUT2D eigenvalue weighted by atomic mass is 9.78. The van der Waals surface area contributed by atoms with E-state index in [4.69, 9.17) is 0 Å². The van der Waals surface area contributed by atoms with Crippen molar-refractivity contribution in [3.63, 3.8) is 0 Å². The molecule has 0 saturated heterocycles. The Balaban J connectivity index is 1.92. The molecule has 2 aliphatic carbocycles. The van der Waals surface area contributed by atoms with Gasteiger partial charge in [-0.3, -0.25) is 0 Å². The summed E-state index contributed by atoms with van der Waals surface area (Å²) >= 11 is 0. The molecule has 0 amide bonds. The van der Waals surface area contributed by atoms with Crippen LogP contribution >= 0.6 is 0 Å². The zero-order valence-corrected chi connectivity index (χ0v) is 10.2. The highest BCUT2D eigenvalue weighted by atomic mass is 14.3. The molecule has 0 saturated carbocycles. The fourth-order valence-electron chi connectivity index (χ4n) is 3.15. The van der Waals surface area contributed by atoms with E-state index in [1.165, 1.54) is 17.5 Å². The Morgan fingerprint density at radius 2 is 1.82 bits per heavy atom. The quantitative estimate of drug-likeness (QED) is 0.703. The monoisotopic (exact) mass is 222 g/mol. The van der Waals surface area contributed by atoms with Crippen LogP contribution in [0.4, 0.5) is 0 Å². The second kappa shape index (κ2) is 4.37. The van der Waals surface area contributed by atoms with Gasteiger partial charge in [-0.1, -0.05) is 74.1 Å².